The van der Waals surface area contributed by atoms with Gasteiger partial charge in [-0.2, -0.15) is 0 Å². The third-order valence-electron chi connectivity index (χ3n) is 4.51. The molecule has 1 fully saturated rings. The van der Waals surface area contributed by atoms with Gasteiger partial charge in [0.15, 0.2) is 0 Å². The third kappa shape index (κ3) is 3.04. The predicted molar refractivity (Wildman–Crippen MR) is 88.1 cm³/mol. The largest absolute Gasteiger partial charge is 0.465 e. The van der Waals surface area contributed by atoms with Gasteiger partial charge in [0.25, 0.3) is 0 Å². The van der Waals surface area contributed by atoms with E-state index in [1.165, 1.54) is 0 Å². The Hall–Kier alpha value is -2.42. The molecule has 3 heteroatoms. The minimum Gasteiger partial charge on any atom is -0.465 e. The zero-order valence-corrected chi connectivity index (χ0v) is 13.1. The molecule has 0 bridgehead atoms. The summed E-state index contributed by atoms with van der Waals surface area (Å²) in [5.41, 5.74) is 2.12. The predicted octanol–water partition coefficient (Wildman–Crippen LogP) is 3.71. The highest BCUT2D eigenvalue weighted by atomic mass is 16.5. The third-order valence-corrected chi connectivity index (χ3v) is 4.51. The lowest BCUT2D eigenvalue weighted by molar-refractivity contribution is -0.151. The van der Waals surface area contributed by atoms with Gasteiger partial charge in [0.05, 0.1) is 6.61 Å². The number of rotatable bonds is 4. The molecule has 0 aromatic heterocycles. The first kappa shape index (κ1) is 15.5. The molecule has 1 saturated carbocycles. The second-order valence-corrected chi connectivity index (χ2v) is 5.85. The first-order valence-electron chi connectivity index (χ1n) is 8.01. The van der Waals surface area contributed by atoms with Crippen molar-refractivity contribution in [2.24, 2.45) is 5.92 Å². The fourth-order valence-corrected chi connectivity index (χ4v) is 3.54. The van der Waals surface area contributed by atoms with Crippen LogP contribution in [-0.4, -0.2) is 18.4 Å². The van der Waals surface area contributed by atoms with Gasteiger partial charge in [-0.3, -0.25) is 9.59 Å². The van der Waals surface area contributed by atoms with E-state index in [0.29, 0.717) is 13.0 Å². The lowest BCUT2D eigenvalue weighted by Gasteiger charge is -2.23. The molecule has 2 aromatic carbocycles. The monoisotopic (exact) mass is 308 g/mol. The van der Waals surface area contributed by atoms with Crippen molar-refractivity contribution in [2.75, 3.05) is 6.61 Å². The van der Waals surface area contributed by atoms with Crippen LogP contribution in [0.1, 0.15) is 36.3 Å². The van der Waals surface area contributed by atoms with Gasteiger partial charge in [0, 0.05) is 12.3 Å². The molecule has 2 aromatic rings. The SMILES string of the molecule is CCOC(=O)C1C(=O)CC(c2ccccc2)C1c1ccccc1. The maximum atomic E-state index is 12.6. The van der Waals surface area contributed by atoms with Crippen LogP contribution in [0.2, 0.25) is 0 Å². The van der Waals surface area contributed by atoms with Crippen LogP contribution in [0.15, 0.2) is 60.7 Å². The fraction of sp³-hybridized carbons (Fsp3) is 0.300. The second-order valence-electron chi connectivity index (χ2n) is 5.85. The highest BCUT2D eigenvalue weighted by Gasteiger charge is 2.48. The summed E-state index contributed by atoms with van der Waals surface area (Å²) in [5.74, 6) is -1.27. The van der Waals surface area contributed by atoms with Crippen LogP contribution in [0, 0.1) is 5.92 Å². The number of carbonyl (C=O) groups excluding carboxylic acids is 2. The number of benzene rings is 2. The van der Waals surface area contributed by atoms with Crippen molar-refractivity contribution in [1.82, 2.24) is 0 Å². The molecule has 3 nitrogen and oxygen atoms in total. The quantitative estimate of drug-likeness (QED) is 0.639. The molecular weight excluding hydrogens is 288 g/mol. The standard InChI is InChI=1S/C20H20O3/c1-2-23-20(22)19-17(21)13-16(14-9-5-3-6-10-14)18(19)15-11-7-4-8-12-15/h3-12,16,18-19H,2,13H2,1H3. The van der Waals surface area contributed by atoms with E-state index in [0.717, 1.165) is 11.1 Å². The Labute approximate surface area is 136 Å². The number of ketones is 1. The van der Waals surface area contributed by atoms with Crippen molar-refractivity contribution in [2.45, 2.75) is 25.2 Å². The van der Waals surface area contributed by atoms with E-state index < -0.39 is 11.9 Å². The smallest absolute Gasteiger partial charge is 0.317 e. The summed E-state index contributed by atoms with van der Waals surface area (Å²) in [7, 11) is 0. The Kier molecular flexibility index (Phi) is 4.56. The van der Waals surface area contributed by atoms with E-state index >= 15 is 0 Å². The van der Waals surface area contributed by atoms with Gasteiger partial charge in [-0.25, -0.2) is 0 Å². The summed E-state index contributed by atoms with van der Waals surface area (Å²) < 4.78 is 5.17. The number of esters is 1. The molecular formula is C20H20O3. The number of Topliss-reactive ketones (excluding diaryl/α,β-unsaturated/α-hetero) is 1. The summed E-state index contributed by atoms with van der Waals surface area (Å²) in [6.07, 6.45) is 0.382. The van der Waals surface area contributed by atoms with Gasteiger partial charge in [-0.1, -0.05) is 60.7 Å². The highest BCUT2D eigenvalue weighted by Crippen LogP contribution is 2.48. The van der Waals surface area contributed by atoms with E-state index in [1.54, 1.807) is 6.92 Å². The Morgan fingerprint density at radius 2 is 1.57 bits per heavy atom. The molecule has 0 aliphatic heterocycles. The zero-order chi connectivity index (χ0) is 16.2. The van der Waals surface area contributed by atoms with Crippen LogP contribution in [0.5, 0.6) is 0 Å². The average molecular weight is 308 g/mol. The molecule has 118 valence electrons. The van der Waals surface area contributed by atoms with Gasteiger partial charge < -0.3 is 4.74 Å². The van der Waals surface area contributed by atoms with Crippen molar-refractivity contribution in [1.29, 1.82) is 0 Å². The number of ether oxygens (including phenoxy) is 1. The van der Waals surface area contributed by atoms with Gasteiger partial charge in [0.2, 0.25) is 0 Å². The molecule has 0 amide bonds. The molecule has 1 aliphatic rings. The zero-order valence-electron chi connectivity index (χ0n) is 13.1. The van der Waals surface area contributed by atoms with E-state index in [1.807, 2.05) is 60.7 Å². The lowest BCUT2D eigenvalue weighted by Crippen LogP contribution is -2.27. The minimum absolute atomic E-state index is 0.0144. The fourth-order valence-electron chi connectivity index (χ4n) is 3.54. The van der Waals surface area contributed by atoms with Crippen LogP contribution in [0.3, 0.4) is 0 Å². The van der Waals surface area contributed by atoms with Gasteiger partial charge in [-0.05, 0) is 24.0 Å². The Bertz CT molecular complexity index is 679. The summed E-state index contributed by atoms with van der Waals surface area (Å²) in [6, 6.07) is 19.8. The average Bonchev–Trinajstić information content (AvgIpc) is 2.94. The van der Waals surface area contributed by atoms with Gasteiger partial charge >= 0.3 is 5.97 Å². The molecule has 0 spiro atoms. The van der Waals surface area contributed by atoms with E-state index in [2.05, 4.69) is 0 Å². The first-order valence-corrected chi connectivity index (χ1v) is 8.01. The highest BCUT2D eigenvalue weighted by molar-refractivity contribution is 6.02. The number of hydrogen-bond acceptors (Lipinski definition) is 3. The molecule has 1 aliphatic carbocycles. The summed E-state index contributed by atoms with van der Waals surface area (Å²) in [6.45, 7) is 2.06. The molecule has 3 atom stereocenters. The summed E-state index contributed by atoms with van der Waals surface area (Å²) in [4.78, 5) is 24.9. The Morgan fingerprint density at radius 3 is 2.13 bits per heavy atom. The molecule has 3 unspecified atom stereocenters. The summed E-state index contributed by atoms with van der Waals surface area (Å²) in [5, 5.41) is 0. The maximum Gasteiger partial charge on any atom is 0.317 e. The van der Waals surface area contributed by atoms with Crippen molar-refractivity contribution >= 4 is 11.8 Å². The Morgan fingerprint density at radius 1 is 1.00 bits per heavy atom. The van der Waals surface area contributed by atoms with Crippen molar-refractivity contribution < 1.29 is 14.3 Å². The van der Waals surface area contributed by atoms with E-state index in [4.69, 9.17) is 4.74 Å². The first-order chi connectivity index (χ1) is 11.2. The van der Waals surface area contributed by atoms with E-state index in [9.17, 15) is 9.59 Å². The minimum atomic E-state index is -0.706. The van der Waals surface area contributed by atoms with Gasteiger partial charge in [-0.15, -0.1) is 0 Å². The molecule has 23 heavy (non-hydrogen) atoms. The van der Waals surface area contributed by atoms with Crippen molar-refractivity contribution in [3.05, 3.63) is 71.8 Å². The van der Waals surface area contributed by atoms with E-state index in [-0.39, 0.29) is 17.6 Å². The van der Waals surface area contributed by atoms with Crippen LogP contribution in [0.4, 0.5) is 0 Å². The molecule has 0 saturated heterocycles. The van der Waals surface area contributed by atoms with Crippen LogP contribution in [0.25, 0.3) is 0 Å². The number of carbonyl (C=O) groups is 2. The second kappa shape index (κ2) is 6.78. The van der Waals surface area contributed by atoms with Crippen LogP contribution in [-0.2, 0) is 14.3 Å². The molecule has 0 heterocycles. The normalized spacial score (nSPS) is 23.7. The van der Waals surface area contributed by atoms with Gasteiger partial charge in [0.1, 0.15) is 11.7 Å². The Balaban J connectivity index is 2.03. The summed E-state index contributed by atoms with van der Waals surface area (Å²) >= 11 is 0. The molecule has 0 radical (unpaired) electrons. The maximum absolute atomic E-state index is 12.6. The van der Waals surface area contributed by atoms with Crippen molar-refractivity contribution in [3.8, 4) is 0 Å². The van der Waals surface area contributed by atoms with Crippen LogP contribution < -0.4 is 0 Å². The molecule has 3 rings (SSSR count). The molecule has 0 N–H and O–H groups in total. The number of hydrogen-bond donors (Lipinski definition) is 0. The topological polar surface area (TPSA) is 43.4 Å². The van der Waals surface area contributed by atoms with Crippen molar-refractivity contribution in [3.63, 3.8) is 0 Å². The van der Waals surface area contributed by atoms with Crippen LogP contribution >= 0.6 is 0 Å². The lowest BCUT2D eigenvalue weighted by atomic mass is 9.80.